The summed E-state index contributed by atoms with van der Waals surface area (Å²) < 4.78 is 12.0. The van der Waals surface area contributed by atoms with Gasteiger partial charge in [-0.2, -0.15) is 0 Å². The second-order valence-corrected chi connectivity index (χ2v) is 18.0. The van der Waals surface area contributed by atoms with Crippen molar-refractivity contribution in [3.05, 3.63) is 156 Å². The van der Waals surface area contributed by atoms with Crippen molar-refractivity contribution in [2.75, 3.05) is 19.0 Å². The molecule has 1 heterocycles. The van der Waals surface area contributed by atoms with Gasteiger partial charge in [0.05, 0.1) is 18.5 Å². The Hall–Kier alpha value is -5.09. The van der Waals surface area contributed by atoms with E-state index in [0.29, 0.717) is 30.8 Å². The average molecular weight is 701 g/mol. The molecule has 51 heavy (non-hydrogen) atoms. The van der Waals surface area contributed by atoms with E-state index < -0.39 is 32.3 Å². The molecule has 0 aliphatic rings. The average Bonchev–Trinajstić information content (AvgIpc) is 3.15. The van der Waals surface area contributed by atoms with Crippen LogP contribution in [0, 0.1) is 0 Å². The number of ether oxygens (including phenoxy) is 1. The number of benzene rings is 4. The Labute approximate surface area is 302 Å². The summed E-state index contributed by atoms with van der Waals surface area (Å²) in [6.45, 7) is 7.10. The van der Waals surface area contributed by atoms with Gasteiger partial charge in [-0.25, -0.2) is 4.79 Å². The first kappa shape index (κ1) is 37.2. The van der Waals surface area contributed by atoms with Crippen molar-refractivity contribution in [2.45, 2.75) is 56.7 Å². The first-order valence-corrected chi connectivity index (χ1v) is 19.2. The van der Waals surface area contributed by atoms with Crippen molar-refractivity contribution in [1.82, 2.24) is 10.3 Å². The zero-order valence-corrected chi connectivity index (χ0v) is 30.8. The molecule has 0 spiro atoms. The maximum Gasteiger partial charge on any atom is 0.407 e. The number of rotatable bonds is 14. The van der Waals surface area contributed by atoms with Gasteiger partial charge in [-0.05, 0) is 51.5 Å². The lowest BCUT2D eigenvalue weighted by molar-refractivity contribution is -0.118. The van der Waals surface area contributed by atoms with E-state index in [4.69, 9.17) is 14.9 Å². The molecule has 1 aromatic heterocycles. The molecule has 0 bridgehead atoms. The van der Waals surface area contributed by atoms with Gasteiger partial charge in [0.2, 0.25) is 5.91 Å². The van der Waals surface area contributed by atoms with E-state index in [9.17, 15) is 9.59 Å². The fraction of sp³-hybridized carbons (Fsp3) is 0.262. The number of carbonyl (C=O) groups excluding carboxylic acids is 2. The summed E-state index contributed by atoms with van der Waals surface area (Å²) in [5, 5.41) is 8.09. The van der Waals surface area contributed by atoms with Gasteiger partial charge in [-0.1, -0.05) is 142 Å². The Morgan fingerprint density at radius 2 is 1.27 bits per heavy atom. The van der Waals surface area contributed by atoms with Crippen LogP contribution < -0.4 is 26.7 Å². The topological polar surface area (TPSA) is 116 Å². The largest absolute Gasteiger partial charge is 0.453 e. The SMILES string of the molecule is COC(=O)N[C@H](C(=O)Nc1cccnc1CC[C@H](N)CO[Si](c1ccccc1)(c1ccccc1)C(C)(C)C)C(c1ccccc1)c1ccccc1. The highest BCUT2D eigenvalue weighted by atomic mass is 28.4. The van der Waals surface area contributed by atoms with Crippen LogP contribution in [0.2, 0.25) is 5.04 Å². The summed E-state index contributed by atoms with van der Waals surface area (Å²) in [6.07, 6.45) is 2.09. The number of hydrogen-bond acceptors (Lipinski definition) is 6. The molecule has 5 aromatic rings. The summed E-state index contributed by atoms with van der Waals surface area (Å²) >= 11 is 0. The number of methoxy groups -OCH3 is 1. The quantitative estimate of drug-likeness (QED) is 0.115. The van der Waals surface area contributed by atoms with Crippen molar-refractivity contribution in [1.29, 1.82) is 0 Å². The van der Waals surface area contributed by atoms with E-state index in [1.807, 2.05) is 78.9 Å². The Bertz CT molecular complexity index is 1760. The van der Waals surface area contributed by atoms with Gasteiger partial charge in [0.1, 0.15) is 6.04 Å². The highest BCUT2D eigenvalue weighted by molar-refractivity contribution is 6.99. The summed E-state index contributed by atoms with van der Waals surface area (Å²) in [5.41, 5.74) is 9.78. The van der Waals surface area contributed by atoms with Crippen LogP contribution in [-0.4, -0.2) is 51.1 Å². The minimum atomic E-state index is -2.75. The lowest BCUT2D eigenvalue weighted by Gasteiger charge is -2.43. The molecule has 0 saturated heterocycles. The zero-order valence-electron chi connectivity index (χ0n) is 29.8. The smallest absolute Gasteiger partial charge is 0.407 e. The summed E-state index contributed by atoms with van der Waals surface area (Å²) in [6, 6.07) is 42.6. The van der Waals surface area contributed by atoms with Gasteiger partial charge in [-0.3, -0.25) is 9.78 Å². The monoisotopic (exact) mass is 700 g/mol. The van der Waals surface area contributed by atoms with Gasteiger partial charge in [0, 0.05) is 24.8 Å². The highest BCUT2D eigenvalue weighted by Crippen LogP contribution is 2.37. The number of aromatic nitrogens is 1. The molecular formula is C42H48N4O4Si. The molecule has 4 N–H and O–H groups in total. The van der Waals surface area contributed by atoms with Crippen LogP contribution in [0.1, 0.15) is 49.9 Å². The Morgan fingerprint density at radius 1 is 0.765 bits per heavy atom. The number of alkyl carbamates (subject to hydrolysis) is 1. The molecule has 0 aliphatic carbocycles. The van der Waals surface area contributed by atoms with Gasteiger partial charge in [-0.15, -0.1) is 0 Å². The number of aryl methyl sites for hydroxylation is 1. The molecule has 0 saturated carbocycles. The zero-order chi connectivity index (χ0) is 36.3. The van der Waals surface area contributed by atoms with Gasteiger partial charge in [0.15, 0.2) is 0 Å². The molecule has 0 fully saturated rings. The van der Waals surface area contributed by atoms with Crippen LogP contribution in [0.15, 0.2) is 140 Å². The second-order valence-electron chi connectivity index (χ2n) is 13.7. The highest BCUT2D eigenvalue weighted by Gasteiger charge is 2.50. The number of anilines is 1. The van der Waals surface area contributed by atoms with E-state index >= 15 is 0 Å². The Kier molecular flexibility index (Phi) is 12.5. The molecular weight excluding hydrogens is 653 g/mol. The first-order chi connectivity index (χ1) is 24.6. The van der Waals surface area contributed by atoms with Crippen LogP contribution >= 0.6 is 0 Å². The fourth-order valence-corrected chi connectivity index (χ4v) is 11.4. The standard InChI is InChI=1S/C42H48N4O4Si/c1-42(2,3)51(34-22-13-7-14-23-34,35-24-15-8-16-25-35)50-30-33(43)27-28-36-37(26-17-29-44-36)45-40(47)39(46-41(48)49-4)38(31-18-9-5-10-19-31)32-20-11-6-12-21-32/h5-26,29,33,38-39H,27-28,30,43H2,1-4H3,(H,45,47)(H,46,48)/t33-,39-/m0/s1. The molecule has 0 radical (unpaired) electrons. The first-order valence-electron chi connectivity index (χ1n) is 17.3. The number of nitrogens with one attached hydrogen (secondary N) is 2. The summed E-state index contributed by atoms with van der Waals surface area (Å²) in [4.78, 5) is 31.4. The Balaban J connectivity index is 1.35. The van der Waals surface area contributed by atoms with Crippen LogP contribution in [0.3, 0.4) is 0 Å². The Morgan fingerprint density at radius 3 is 1.76 bits per heavy atom. The number of carbonyl (C=O) groups is 2. The van der Waals surface area contributed by atoms with Gasteiger partial charge >= 0.3 is 6.09 Å². The number of nitrogens with zero attached hydrogens (tertiary/aromatic N) is 1. The van der Waals surface area contributed by atoms with Crippen molar-refractivity contribution in [3.63, 3.8) is 0 Å². The maximum absolute atomic E-state index is 14.2. The minimum Gasteiger partial charge on any atom is -0.453 e. The van der Waals surface area contributed by atoms with E-state index in [1.54, 1.807) is 12.3 Å². The van der Waals surface area contributed by atoms with Crippen molar-refractivity contribution < 1.29 is 18.8 Å². The van der Waals surface area contributed by atoms with E-state index in [1.165, 1.54) is 17.5 Å². The van der Waals surface area contributed by atoms with Gasteiger partial charge in [0.25, 0.3) is 8.32 Å². The second kappa shape index (κ2) is 17.2. The third kappa shape index (κ3) is 8.99. The van der Waals surface area contributed by atoms with Crippen molar-refractivity contribution in [2.24, 2.45) is 5.73 Å². The number of amides is 2. The van der Waals surface area contributed by atoms with E-state index in [0.717, 1.165) is 11.1 Å². The number of nitrogens with two attached hydrogens (primary N) is 1. The fourth-order valence-electron chi connectivity index (χ4n) is 6.74. The van der Waals surface area contributed by atoms with Crippen LogP contribution in [-0.2, 0) is 20.4 Å². The van der Waals surface area contributed by atoms with Crippen molar-refractivity contribution >= 4 is 36.4 Å². The van der Waals surface area contributed by atoms with Crippen LogP contribution in [0.5, 0.6) is 0 Å². The number of pyridine rings is 1. The number of hydrogen-bond donors (Lipinski definition) is 3. The van der Waals surface area contributed by atoms with Crippen LogP contribution in [0.25, 0.3) is 0 Å². The maximum atomic E-state index is 14.2. The third-order valence-corrected chi connectivity index (χ3v) is 14.2. The minimum absolute atomic E-state index is 0.167. The molecule has 0 unspecified atom stereocenters. The van der Waals surface area contributed by atoms with Crippen LogP contribution in [0.4, 0.5) is 10.5 Å². The molecule has 5 rings (SSSR count). The summed E-state index contributed by atoms with van der Waals surface area (Å²) in [5.74, 6) is -0.884. The molecule has 2 atom stereocenters. The molecule has 2 amide bonds. The third-order valence-electron chi connectivity index (χ3n) is 9.22. The molecule has 8 nitrogen and oxygen atoms in total. The normalized spacial score (nSPS) is 12.9. The predicted octanol–water partition coefficient (Wildman–Crippen LogP) is 6.41. The lowest BCUT2D eigenvalue weighted by Crippen LogP contribution is -2.67. The van der Waals surface area contributed by atoms with E-state index in [-0.39, 0.29) is 11.1 Å². The van der Waals surface area contributed by atoms with Gasteiger partial charge < -0.3 is 25.5 Å². The van der Waals surface area contributed by atoms with Crippen molar-refractivity contribution in [3.8, 4) is 0 Å². The molecule has 0 aliphatic heterocycles. The summed E-state index contributed by atoms with van der Waals surface area (Å²) in [7, 11) is -1.46. The molecule has 264 valence electrons. The predicted molar refractivity (Wildman–Crippen MR) is 207 cm³/mol. The van der Waals surface area contributed by atoms with E-state index in [2.05, 4.69) is 84.9 Å². The molecule has 4 aromatic carbocycles. The lowest BCUT2D eigenvalue weighted by atomic mass is 9.84. The molecule has 9 heteroatoms.